The van der Waals surface area contributed by atoms with Gasteiger partial charge in [0.1, 0.15) is 6.04 Å². The molecule has 1 aromatic rings. The molecule has 1 aromatic carbocycles. The zero-order chi connectivity index (χ0) is 15.0. The highest BCUT2D eigenvalue weighted by atomic mass is 16.5. The van der Waals surface area contributed by atoms with E-state index in [2.05, 4.69) is 10.6 Å². The molecule has 2 N–H and O–H groups in total. The molecule has 0 spiro atoms. The van der Waals surface area contributed by atoms with Crippen LogP contribution in [0.5, 0.6) is 0 Å². The average molecular weight is 278 g/mol. The predicted molar refractivity (Wildman–Crippen MR) is 77.1 cm³/mol. The molecule has 5 nitrogen and oxygen atoms in total. The zero-order valence-electron chi connectivity index (χ0n) is 12.2. The van der Waals surface area contributed by atoms with Gasteiger partial charge in [-0.3, -0.25) is 10.1 Å². The summed E-state index contributed by atoms with van der Waals surface area (Å²) in [6, 6.07) is 8.07. The van der Waals surface area contributed by atoms with E-state index in [0.717, 1.165) is 12.0 Å². The van der Waals surface area contributed by atoms with Crippen molar-refractivity contribution in [2.24, 2.45) is 0 Å². The number of hydrogen-bond acceptors (Lipinski definition) is 4. The monoisotopic (exact) mass is 278 g/mol. The van der Waals surface area contributed by atoms with Gasteiger partial charge < -0.3 is 10.1 Å². The number of ether oxygens (including phenoxy) is 1. The lowest BCUT2D eigenvalue weighted by atomic mass is 10.1. The molecule has 0 saturated heterocycles. The van der Waals surface area contributed by atoms with Crippen LogP contribution in [0, 0.1) is 0 Å². The molecule has 2 atom stereocenters. The minimum absolute atomic E-state index is 0.128. The highest BCUT2D eigenvalue weighted by Gasteiger charge is 2.25. The third-order valence-electron chi connectivity index (χ3n) is 2.93. The Morgan fingerprint density at radius 1 is 1.25 bits per heavy atom. The molecule has 0 aliphatic carbocycles. The molecule has 0 fully saturated rings. The fourth-order valence-electron chi connectivity index (χ4n) is 1.79. The van der Waals surface area contributed by atoms with Crippen LogP contribution in [0.2, 0.25) is 0 Å². The number of benzene rings is 1. The fourth-order valence-corrected chi connectivity index (χ4v) is 1.79. The second-order valence-electron chi connectivity index (χ2n) is 4.55. The number of hydrogen-bond donors (Lipinski definition) is 2. The topological polar surface area (TPSA) is 67.4 Å². The van der Waals surface area contributed by atoms with Gasteiger partial charge in [-0.1, -0.05) is 37.3 Å². The largest absolute Gasteiger partial charge is 0.468 e. The van der Waals surface area contributed by atoms with Crippen LogP contribution in [-0.4, -0.2) is 31.6 Å². The van der Waals surface area contributed by atoms with Gasteiger partial charge in [-0.2, -0.15) is 0 Å². The Bertz CT molecular complexity index is 434. The van der Waals surface area contributed by atoms with Gasteiger partial charge in [0, 0.05) is 6.54 Å². The van der Waals surface area contributed by atoms with Crippen LogP contribution in [0.3, 0.4) is 0 Å². The maximum Gasteiger partial charge on any atom is 0.327 e. The molecular formula is C15H22N2O3. The number of carbonyl (C=O) groups excluding carboxylic acids is 2. The molecule has 1 amide bonds. The Kier molecular flexibility index (Phi) is 6.73. The van der Waals surface area contributed by atoms with Crippen molar-refractivity contribution in [2.45, 2.75) is 32.4 Å². The van der Waals surface area contributed by atoms with Crippen LogP contribution in [0.4, 0.5) is 0 Å². The first-order valence-electron chi connectivity index (χ1n) is 6.76. The molecule has 5 heteroatoms. The lowest BCUT2D eigenvalue weighted by Gasteiger charge is -2.21. The second-order valence-corrected chi connectivity index (χ2v) is 4.55. The van der Waals surface area contributed by atoms with Crippen molar-refractivity contribution in [3.05, 3.63) is 35.9 Å². The van der Waals surface area contributed by atoms with Crippen LogP contribution >= 0.6 is 0 Å². The standard InChI is InChI=1S/C15H22N2O3/c1-4-10-16-14(18)11(2)17-13(15(19)20-3)12-8-6-5-7-9-12/h5-9,11,13,17H,4,10H2,1-3H3,(H,16,18). The summed E-state index contributed by atoms with van der Waals surface area (Å²) in [6.45, 7) is 4.34. The number of carbonyl (C=O) groups is 2. The first-order chi connectivity index (χ1) is 9.60. The quantitative estimate of drug-likeness (QED) is 0.740. The molecule has 0 heterocycles. The van der Waals surface area contributed by atoms with Crippen molar-refractivity contribution in [3.63, 3.8) is 0 Å². The van der Waals surface area contributed by atoms with Crippen molar-refractivity contribution in [2.75, 3.05) is 13.7 Å². The molecule has 0 radical (unpaired) electrons. The van der Waals surface area contributed by atoms with Gasteiger partial charge >= 0.3 is 5.97 Å². The van der Waals surface area contributed by atoms with Crippen LogP contribution in [-0.2, 0) is 14.3 Å². The fraction of sp³-hybridized carbons (Fsp3) is 0.467. The van der Waals surface area contributed by atoms with Gasteiger partial charge in [0.05, 0.1) is 13.2 Å². The lowest BCUT2D eigenvalue weighted by molar-refractivity contribution is -0.143. The lowest BCUT2D eigenvalue weighted by Crippen LogP contribution is -2.46. The van der Waals surface area contributed by atoms with Gasteiger partial charge in [0.15, 0.2) is 0 Å². The normalized spacial score (nSPS) is 13.3. The molecule has 0 aliphatic heterocycles. The van der Waals surface area contributed by atoms with Gasteiger partial charge in [-0.25, -0.2) is 4.79 Å². The van der Waals surface area contributed by atoms with E-state index in [1.54, 1.807) is 6.92 Å². The smallest absolute Gasteiger partial charge is 0.327 e. The summed E-state index contributed by atoms with van der Waals surface area (Å²) in [4.78, 5) is 23.7. The molecular weight excluding hydrogens is 256 g/mol. The maximum atomic E-state index is 11.9. The average Bonchev–Trinajstić information content (AvgIpc) is 2.49. The highest BCUT2D eigenvalue weighted by Crippen LogP contribution is 2.14. The summed E-state index contributed by atoms with van der Waals surface area (Å²) in [7, 11) is 1.34. The first-order valence-corrected chi connectivity index (χ1v) is 6.76. The SMILES string of the molecule is CCCNC(=O)C(C)NC(C(=O)OC)c1ccccc1. The third-order valence-corrected chi connectivity index (χ3v) is 2.93. The van der Waals surface area contributed by atoms with E-state index >= 15 is 0 Å². The number of rotatable bonds is 7. The van der Waals surface area contributed by atoms with E-state index in [9.17, 15) is 9.59 Å². The summed E-state index contributed by atoms with van der Waals surface area (Å²) < 4.78 is 4.80. The molecule has 20 heavy (non-hydrogen) atoms. The van der Waals surface area contributed by atoms with E-state index in [-0.39, 0.29) is 5.91 Å². The summed E-state index contributed by atoms with van der Waals surface area (Å²) in [6.07, 6.45) is 0.873. The minimum atomic E-state index is -0.649. The number of amides is 1. The molecule has 1 rings (SSSR count). The molecule has 110 valence electrons. The van der Waals surface area contributed by atoms with Crippen LogP contribution in [0.1, 0.15) is 31.9 Å². The summed E-state index contributed by atoms with van der Waals surface area (Å²) in [5, 5.41) is 5.80. The second kappa shape index (κ2) is 8.32. The number of methoxy groups -OCH3 is 1. The van der Waals surface area contributed by atoms with Gasteiger partial charge in [-0.15, -0.1) is 0 Å². The Balaban J connectivity index is 2.76. The Hall–Kier alpha value is -1.88. The third kappa shape index (κ3) is 4.66. The van der Waals surface area contributed by atoms with E-state index in [4.69, 9.17) is 4.74 Å². The van der Waals surface area contributed by atoms with Gasteiger partial charge in [0.25, 0.3) is 0 Å². The van der Waals surface area contributed by atoms with Crippen molar-refractivity contribution in [3.8, 4) is 0 Å². The van der Waals surface area contributed by atoms with Crippen molar-refractivity contribution in [1.29, 1.82) is 0 Å². The van der Waals surface area contributed by atoms with Gasteiger partial charge in [-0.05, 0) is 18.9 Å². The van der Waals surface area contributed by atoms with E-state index in [1.165, 1.54) is 7.11 Å². The van der Waals surface area contributed by atoms with E-state index in [0.29, 0.717) is 6.54 Å². The minimum Gasteiger partial charge on any atom is -0.468 e. The van der Waals surface area contributed by atoms with Crippen LogP contribution in [0.15, 0.2) is 30.3 Å². The maximum absolute atomic E-state index is 11.9. The van der Waals surface area contributed by atoms with E-state index < -0.39 is 18.1 Å². The van der Waals surface area contributed by atoms with Crippen molar-refractivity contribution in [1.82, 2.24) is 10.6 Å². The number of nitrogens with one attached hydrogen (secondary N) is 2. The number of esters is 1. The van der Waals surface area contributed by atoms with Crippen molar-refractivity contribution < 1.29 is 14.3 Å². The Labute approximate surface area is 119 Å². The Morgan fingerprint density at radius 2 is 1.90 bits per heavy atom. The summed E-state index contributed by atoms with van der Waals surface area (Å²) in [5.74, 6) is -0.539. The summed E-state index contributed by atoms with van der Waals surface area (Å²) >= 11 is 0. The van der Waals surface area contributed by atoms with Crippen LogP contribution < -0.4 is 10.6 Å². The molecule has 0 aliphatic rings. The van der Waals surface area contributed by atoms with Crippen molar-refractivity contribution >= 4 is 11.9 Å². The summed E-state index contributed by atoms with van der Waals surface area (Å²) in [5.41, 5.74) is 0.773. The molecule has 0 saturated carbocycles. The zero-order valence-corrected chi connectivity index (χ0v) is 12.2. The molecule has 0 bridgehead atoms. The first kappa shape index (κ1) is 16.2. The Morgan fingerprint density at radius 3 is 2.45 bits per heavy atom. The van der Waals surface area contributed by atoms with Gasteiger partial charge in [0.2, 0.25) is 5.91 Å². The molecule has 2 unspecified atom stereocenters. The van der Waals surface area contributed by atoms with Crippen LogP contribution in [0.25, 0.3) is 0 Å². The molecule has 0 aromatic heterocycles. The predicted octanol–water partition coefficient (Wildman–Crippen LogP) is 1.41. The highest BCUT2D eigenvalue weighted by molar-refractivity contribution is 5.83. The van der Waals surface area contributed by atoms with E-state index in [1.807, 2.05) is 37.3 Å².